The minimum Gasteiger partial charge on any atom is -0.267 e. The molecule has 1 amide bonds. The van der Waals surface area contributed by atoms with Crippen molar-refractivity contribution in [1.29, 1.82) is 0 Å². The predicted molar refractivity (Wildman–Crippen MR) is 79.8 cm³/mol. The number of carbonyl (C=O) groups is 1. The lowest BCUT2D eigenvalue weighted by molar-refractivity contribution is 0.0994. The summed E-state index contributed by atoms with van der Waals surface area (Å²) in [7, 11) is 0. The molecule has 0 saturated carbocycles. The van der Waals surface area contributed by atoms with Crippen LogP contribution in [0, 0.1) is 11.6 Å². The molecule has 0 radical (unpaired) electrons. The predicted octanol–water partition coefficient (Wildman–Crippen LogP) is 2.89. The Morgan fingerprint density at radius 3 is 2.52 bits per heavy atom. The second-order valence-electron chi connectivity index (χ2n) is 4.71. The van der Waals surface area contributed by atoms with E-state index < -0.39 is 23.1 Å². The molecule has 3 aromatic rings. The van der Waals surface area contributed by atoms with Crippen molar-refractivity contribution in [1.82, 2.24) is 9.78 Å². The van der Waals surface area contributed by atoms with Crippen LogP contribution in [0.15, 0.2) is 72.0 Å². The second-order valence-corrected chi connectivity index (χ2v) is 4.71. The van der Waals surface area contributed by atoms with Crippen LogP contribution in [0.25, 0.3) is 5.69 Å². The average molecular weight is 311 g/mol. The Kier molecular flexibility index (Phi) is 4.05. The lowest BCUT2D eigenvalue weighted by Gasteiger charge is -2.03. The van der Waals surface area contributed by atoms with Crippen LogP contribution in [-0.4, -0.2) is 15.7 Å². The minimum atomic E-state index is -0.860. The Hall–Kier alpha value is -3.15. The van der Waals surface area contributed by atoms with E-state index in [9.17, 15) is 13.6 Å². The minimum absolute atomic E-state index is 0.255. The highest BCUT2D eigenvalue weighted by atomic mass is 19.1. The van der Waals surface area contributed by atoms with E-state index in [0.717, 1.165) is 23.9 Å². The number of nitrogens with zero attached hydrogens (tertiary/aromatic N) is 3. The maximum atomic E-state index is 13.5. The summed E-state index contributed by atoms with van der Waals surface area (Å²) >= 11 is 0. The van der Waals surface area contributed by atoms with Gasteiger partial charge in [0, 0.05) is 6.20 Å². The van der Waals surface area contributed by atoms with Crippen molar-refractivity contribution in [2.45, 2.75) is 0 Å². The number of para-hydroxylation sites is 1. The highest BCUT2D eigenvalue weighted by Gasteiger charge is 2.11. The number of carbonyl (C=O) groups excluding carboxylic acids is 1. The zero-order valence-corrected chi connectivity index (χ0v) is 11.9. The van der Waals surface area contributed by atoms with E-state index in [1.54, 1.807) is 16.9 Å². The summed E-state index contributed by atoms with van der Waals surface area (Å²) in [5.74, 6) is -2.37. The zero-order valence-electron chi connectivity index (χ0n) is 11.9. The normalized spacial score (nSPS) is 11.5. The van der Waals surface area contributed by atoms with Gasteiger partial charge in [-0.3, -0.25) is 4.79 Å². The van der Waals surface area contributed by atoms with E-state index in [0.29, 0.717) is 0 Å². The third-order valence-electron chi connectivity index (χ3n) is 3.11. The SMILES string of the molecule is O=C(/N=c1\ccn(-c2ccccc2)nc1)c1cc(F)ccc1F. The third kappa shape index (κ3) is 3.37. The van der Waals surface area contributed by atoms with Gasteiger partial charge in [0.2, 0.25) is 0 Å². The van der Waals surface area contributed by atoms with E-state index in [4.69, 9.17) is 0 Å². The largest absolute Gasteiger partial charge is 0.280 e. The zero-order chi connectivity index (χ0) is 16.2. The van der Waals surface area contributed by atoms with Gasteiger partial charge in [0.1, 0.15) is 11.6 Å². The molecule has 3 rings (SSSR count). The topological polar surface area (TPSA) is 47.2 Å². The Balaban J connectivity index is 1.91. The Labute approximate surface area is 130 Å². The van der Waals surface area contributed by atoms with Crippen LogP contribution in [0.5, 0.6) is 0 Å². The fourth-order valence-corrected chi connectivity index (χ4v) is 1.99. The highest BCUT2D eigenvalue weighted by molar-refractivity contribution is 5.95. The molecule has 2 aromatic carbocycles. The summed E-state index contributed by atoms with van der Waals surface area (Å²) in [4.78, 5) is 15.7. The van der Waals surface area contributed by atoms with Gasteiger partial charge in [-0.1, -0.05) is 18.2 Å². The fourth-order valence-electron chi connectivity index (χ4n) is 1.99. The van der Waals surface area contributed by atoms with Crippen LogP contribution in [0.3, 0.4) is 0 Å². The molecule has 0 spiro atoms. The number of aromatic nitrogens is 2. The van der Waals surface area contributed by atoms with Crippen molar-refractivity contribution < 1.29 is 13.6 Å². The van der Waals surface area contributed by atoms with Gasteiger partial charge in [-0.2, -0.15) is 5.10 Å². The van der Waals surface area contributed by atoms with Crippen molar-refractivity contribution in [2.24, 2.45) is 4.99 Å². The number of halogens is 2. The van der Waals surface area contributed by atoms with Crippen LogP contribution in [0.2, 0.25) is 0 Å². The number of benzene rings is 2. The lowest BCUT2D eigenvalue weighted by atomic mass is 10.2. The summed E-state index contributed by atoms with van der Waals surface area (Å²) < 4.78 is 28.3. The van der Waals surface area contributed by atoms with Gasteiger partial charge in [0.25, 0.3) is 5.91 Å². The number of hydrogen-bond acceptors (Lipinski definition) is 2. The van der Waals surface area contributed by atoms with Gasteiger partial charge < -0.3 is 0 Å². The summed E-state index contributed by atoms with van der Waals surface area (Å²) in [5, 5.41) is 4.39. The molecule has 1 aromatic heterocycles. The monoisotopic (exact) mass is 311 g/mol. The van der Waals surface area contributed by atoms with Crippen molar-refractivity contribution in [3.63, 3.8) is 0 Å². The third-order valence-corrected chi connectivity index (χ3v) is 3.11. The molecule has 6 heteroatoms. The first-order chi connectivity index (χ1) is 11.1. The van der Waals surface area contributed by atoms with Crippen LogP contribution in [0.4, 0.5) is 8.78 Å². The first-order valence-corrected chi connectivity index (χ1v) is 6.78. The van der Waals surface area contributed by atoms with Crippen molar-refractivity contribution >= 4 is 5.91 Å². The van der Waals surface area contributed by atoms with Crippen molar-refractivity contribution in [2.75, 3.05) is 0 Å². The number of amides is 1. The number of rotatable bonds is 2. The molecule has 1 heterocycles. The van der Waals surface area contributed by atoms with Crippen LogP contribution >= 0.6 is 0 Å². The molecule has 0 aliphatic carbocycles. The molecule has 0 fully saturated rings. The van der Waals surface area contributed by atoms with E-state index in [-0.39, 0.29) is 5.36 Å². The summed E-state index contributed by atoms with van der Waals surface area (Å²) in [5.41, 5.74) is 0.436. The van der Waals surface area contributed by atoms with Crippen molar-refractivity contribution in [3.8, 4) is 5.69 Å². The smallest absolute Gasteiger partial charge is 0.267 e. The van der Waals surface area contributed by atoms with Crippen LogP contribution < -0.4 is 5.36 Å². The summed E-state index contributed by atoms with van der Waals surface area (Å²) in [6.45, 7) is 0. The van der Waals surface area contributed by atoms with Gasteiger partial charge in [0.05, 0.1) is 22.8 Å². The van der Waals surface area contributed by atoms with Gasteiger partial charge in [-0.05, 0) is 36.4 Å². The molecule has 0 unspecified atom stereocenters. The number of hydrogen-bond donors (Lipinski definition) is 0. The quantitative estimate of drug-likeness (QED) is 0.730. The molecule has 0 aliphatic rings. The average Bonchev–Trinajstić information content (AvgIpc) is 2.58. The van der Waals surface area contributed by atoms with E-state index in [1.807, 2.05) is 30.3 Å². The molecule has 0 bridgehead atoms. The molecule has 23 heavy (non-hydrogen) atoms. The summed E-state index contributed by atoms with van der Waals surface area (Å²) in [6.07, 6.45) is 3.01. The standard InChI is InChI=1S/C17H11F2N3O/c18-12-6-7-16(19)15(10-12)17(23)21-13-8-9-22(20-11-13)14-4-2-1-3-5-14/h1-11H/b21-13+. The molecular weight excluding hydrogens is 300 g/mol. The van der Waals surface area contributed by atoms with Crippen LogP contribution in [-0.2, 0) is 0 Å². The van der Waals surface area contributed by atoms with Gasteiger partial charge in [-0.25, -0.2) is 18.5 Å². The summed E-state index contributed by atoms with van der Waals surface area (Å²) in [6, 6.07) is 13.6. The van der Waals surface area contributed by atoms with Gasteiger partial charge in [0.15, 0.2) is 0 Å². The van der Waals surface area contributed by atoms with Crippen LogP contribution in [0.1, 0.15) is 10.4 Å². The Morgan fingerprint density at radius 2 is 1.83 bits per heavy atom. The molecule has 4 nitrogen and oxygen atoms in total. The molecule has 0 saturated heterocycles. The Morgan fingerprint density at radius 1 is 1.04 bits per heavy atom. The lowest BCUT2D eigenvalue weighted by Crippen LogP contribution is -2.12. The first-order valence-electron chi connectivity index (χ1n) is 6.78. The van der Waals surface area contributed by atoms with Gasteiger partial charge >= 0.3 is 0 Å². The highest BCUT2D eigenvalue weighted by Crippen LogP contribution is 2.10. The fraction of sp³-hybridized carbons (Fsp3) is 0. The second kappa shape index (κ2) is 6.31. The molecule has 114 valence electrons. The molecular formula is C17H11F2N3O. The maximum Gasteiger partial charge on any atom is 0.280 e. The van der Waals surface area contributed by atoms with Crippen molar-refractivity contribution in [3.05, 3.63) is 89.5 Å². The molecule has 0 aliphatic heterocycles. The first kappa shape index (κ1) is 14.8. The molecule has 0 atom stereocenters. The van der Waals surface area contributed by atoms with Gasteiger partial charge in [-0.15, -0.1) is 0 Å². The van der Waals surface area contributed by atoms with E-state index in [2.05, 4.69) is 10.1 Å². The molecule has 0 N–H and O–H groups in total. The Bertz CT molecular complexity index is 900. The van der Waals surface area contributed by atoms with E-state index >= 15 is 0 Å². The van der Waals surface area contributed by atoms with E-state index in [1.165, 1.54) is 6.20 Å². The maximum absolute atomic E-state index is 13.5.